The van der Waals surface area contributed by atoms with Crippen LogP contribution in [0.4, 0.5) is 0 Å². The highest BCUT2D eigenvalue weighted by Gasteiger charge is 2.23. The minimum Gasteiger partial charge on any atom is -0.467 e. The van der Waals surface area contributed by atoms with E-state index in [2.05, 4.69) is 6.08 Å². The van der Waals surface area contributed by atoms with Crippen molar-refractivity contribution in [2.75, 3.05) is 5.75 Å². The van der Waals surface area contributed by atoms with Crippen LogP contribution in [0.25, 0.3) is 20.7 Å². The summed E-state index contributed by atoms with van der Waals surface area (Å²) in [6.07, 6.45) is 7.90. The molecule has 6 nitrogen and oxygen atoms in total. The van der Waals surface area contributed by atoms with Gasteiger partial charge in [0, 0.05) is 28.6 Å². The van der Waals surface area contributed by atoms with E-state index in [9.17, 15) is 9.59 Å². The first-order valence-electron chi connectivity index (χ1n) is 10.8. The Morgan fingerprint density at radius 3 is 2.91 bits per heavy atom. The van der Waals surface area contributed by atoms with Gasteiger partial charge >= 0.3 is 0 Å². The maximum Gasteiger partial charge on any atom is 0.263 e. The molecule has 0 saturated carbocycles. The Morgan fingerprint density at radius 1 is 1.27 bits per heavy atom. The van der Waals surface area contributed by atoms with Crippen LogP contribution in [-0.4, -0.2) is 26.1 Å². The van der Waals surface area contributed by atoms with E-state index >= 15 is 0 Å². The summed E-state index contributed by atoms with van der Waals surface area (Å²) in [5, 5.41) is 5.19. The summed E-state index contributed by atoms with van der Waals surface area (Å²) in [6, 6.07) is 7.72. The van der Waals surface area contributed by atoms with Crippen molar-refractivity contribution < 1.29 is 9.21 Å². The first-order chi connectivity index (χ1) is 16.1. The van der Waals surface area contributed by atoms with Gasteiger partial charge in [-0.2, -0.15) is 0 Å². The highest BCUT2D eigenvalue weighted by atomic mass is 32.2. The van der Waals surface area contributed by atoms with Gasteiger partial charge in [0.25, 0.3) is 5.56 Å². The lowest BCUT2D eigenvalue weighted by molar-refractivity contribution is -0.127. The van der Waals surface area contributed by atoms with Gasteiger partial charge in [-0.05, 0) is 49.3 Å². The second-order valence-corrected chi connectivity index (χ2v) is 10.6. The minimum absolute atomic E-state index is 0.00986. The molecule has 0 aliphatic heterocycles. The number of hydrogen-bond acceptors (Lipinski definition) is 7. The van der Waals surface area contributed by atoms with Gasteiger partial charge in [0.2, 0.25) is 5.91 Å². The number of furan rings is 1. The Hall–Kier alpha value is -2.62. The van der Waals surface area contributed by atoms with E-state index in [0.717, 1.165) is 47.6 Å². The van der Waals surface area contributed by atoms with E-state index in [1.807, 2.05) is 39.9 Å². The van der Waals surface area contributed by atoms with Crippen LogP contribution in [0.5, 0.6) is 0 Å². The van der Waals surface area contributed by atoms with Crippen LogP contribution in [0.1, 0.15) is 31.4 Å². The van der Waals surface area contributed by atoms with Gasteiger partial charge in [0.05, 0.1) is 23.9 Å². The number of carbonyl (C=O) groups is 1. The third kappa shape index (κ3) is 4.58. The number of thiophene rings is 2. The van der Waals surface area contributed by atoms with Gasteiger partial charge in [-0.15, -0.1) is 22.7 Å². The van der Waals surface area contributed by atoms with Gasteiger partial charge in [-0.3, -0.25) is 14.2 Å². The molecule has 1 aliphatic rings. The molecule has 1 amide bonds. The van der Waals surface area contributed by atoms with Crippen molar-refractivity contribution in [1.82, 2.24) is 14.5 Å². The molecule has 0 radical (unpaired) electrons. The second kappa shape index (κ2) is 9.70. The molecule has 0 unspecified atom stereocenters. The number of amides is 1. The largest absolute Gasteiger partial charge is 0.467 e. The molecule has 33 heavy (non-hydrogen) atoms. The third-order valence-electron chi connectivity index (χ3n) is 5.69. The standard InChI is InChI=1S/C24H23N3O3S3/c1-26-23(29)21-18(19-10-6-12-31-19)14-32-22(21)25-24(26)33-15-20(28)27(13-17-9-5-11-30-17)16-7-3-2-4-8-16/h5-7,9-12,14H,2-4,8,13,15H2,1H3. The smallest absolute Gasteiger partial charge is 0.263 e. The van der Waals surface area contributed by atoms with Gasteiger partial charge in [0.1, 0.15) is 10.6 Å². The molecule has 0 atom stereocenters. The van der Waals surface area contributed by atoms with Crippen molar-refractivity contribution in [1.29, 1.82) is 0 Å². The van der Waals surface area contributed by atoms with Crippen LogP contribution in [0.3, 0.4) is 0 Å². The molecule has 170 valence electrons. The lowest BCUT2D eigenvalue weighted by Crippen LogP contribution is -2.32. The highest BCUT2D eigenvalue weighted by molar-refractivity contribution is 7.99. The summed E-state index contributed by atoms with van der Waals surface area (Å²) in [7, 11) is 1.72. The van der Waals surface area contributed by atoms with Crippen molar-refractivity contribution in [3.8, 4) is 10.4 Å². The fraction of sp³-hybridized carbons (Fsp3) is 0.292. The lowest BCUT2D eigenvalue weighted by atomic mass is 10.0. The average molecular weight is 498 g/mol. The van der Waals surface area contributed by atoms with Crippen molar-refractivity contribution in [3.63, 3.8) is 0 Å². The van der Waals surface area contributed by atoms with Crippen molar-refractivity contribution in [2.45, 2.75) is 37.4 Å². The minimum atomic E-state index is -0.0815. The Morgan fingerprint density at radius 2 is 2.18 bits per heavy atom. The lowest BCUT2D eigenvalue weighted by Gasteiger charge is -2.27. The zero-order valence-electron chi connectivity index (χ0n) is 18.2. The molecule has 4 aromatic heterocycles. The maximum atomic E-state index is 13.3. The molecule has 0 spiro atoms. The first kappa shape index (κ1) is 22.2. The fourth-order valence-corrected chi connectivity index (χ4v) is 6.62. The number of nitrogens with zero attached hydrogens (tertiary/aromatic N) is 3. The Labute approximate surface area is 203 Å². The van der Waals surface area contributed by atoms with Gasteiger partial charge in [-0.25, -0.2) is 4.98 Å². The number of rotatable bonds is 7. The van der Waals surface area contributed by atoms with Gasteiger partial charge < -0.3 is 9.32 Å². The average Bonchev–Trinajstić information content (AvgIpc) is 3.60. The SMILES string of the molecule is Cn1c(SCC(=O)N(Cc2ccco2)C2=CCCCC2)nc2scc(-c3cccs3)c2c1=O. The number of fused-ring (bicyclic) bond motifs is 1. The van der Waals surface area contributed by atoms with E-state index in [1.165, 1.54) is 23.1 Å². The van der Waals surface area contributed by atoms with E-state index in [4.69, 9.17) is 9.40 Å². The monoisotopic (exact) mass is 497 g/mol. The molecule has 0 aromatic carbocycles. The molecule has 0 bridgehead atoms. The molecular weight excluding hydrogens is 474 g/mol. The summed E-state index contributed by atoms with van der Waals surface area (Å²) < 4.78 is 7.06. The first-order valence-corrected chi connectivity index (χ1v) is 13.5. The van der Waals surface area contributed by atoms with Gasteiger partial charge in [0.15, 0.2) is 5.16 Å². The fourth-order valence-electron chi connectivity index (χ4n) is 3.97. The van der Waals surface area contributed by atoms with Crippen LogP contribution in [0.15, 0.2) is 67.4 Å². The number of hydrogen-bond donors (Lipinski definition) is 0. The molecule has 0 fully saturated rings. The van der Waals surface area contributed by atoms with Crippen LogP contribution in [-0.2, 0) is 18.4 Å². The van der Waals surface area contributed by atoms with Crippen LogP contribution in [0.2, 0.25) is 0 Å². The van der Waals surface area contributed by atoms with E-state index in [-0.39, 0.29) is 17.2 Å². The van der Waals surface area contributed by atoms with Crippen molar-refractivity contribution in [2.24, 2.45) is 7.05 Å². The van der Waals surface area contributed by atoms with Crippen molar-refractivity contribution in [3.05, 3.63) is 69.2 Å². The van der Waals surface area contributed by atoms with Crippen LogP contribution < -0.4 is 5.56 Å². The summed E-state index contributed by atoms with van der Waals surface area (Å²) >= 11 is 4.38. The van der Waals surface area contributed by atoms with Crippen LogP contribution >= 0.6 is 34.4 Å². The number of allylic oxidation sites excluding steroid dienone is 2. The number of aromatic nitrogens is 2. The maximum absolute atomic E-state index is 13.3. The Kier molecular flexibility index (Phi) is 6.52. The zero-order valence-corrected chi connectivity index (χ0v) is 20.6. The predicted octanol–water partition coefficient (Wildman–Crippen LogP) is 5.90. The number of thioether (sulfide) groups is 1. The molecule has 4 heterocycles. The topological polar surface area (TPSA) is 68.3 Å². The summed E-state index contributed by atoms with van der Waals surface area (Å²) in [5.41, 5.74) is 1.90. The Bertz CT molecular complexity index is 1350. The van der Waals surface area contributed by atoms with Crippen LogP contribution in [0, 0.1) is 0 Å². The third-order valence-corrected chi connectivity index (χ3v) is 8.48. The predicted molar refractivity (Wildman–Crippen MR) is 135 cm³/mol. The molecular formula is C24H23N3O3S3. The summed E-state index contributed by atoms with van der Waals surface area (Å²) in [6.45, 7) is 0.415. The van der Waals surface area contributed by atoms with E-state index in [1.54, 1.807) is 29.2 Å². The molecule has 4 aromatic rings. The molecule has 1 aliphatic carbocycles. The van der Waals surface area contributed by atoms with E-state index < -0.39 is 0 Å². The highest BCUT2D eigenvalue weighted by Crippen LogP contribution is 2.34. The van der Waals surface area contributed by atoms with Gasteiger partial charge in [-0.1, -0.05) is 23.9 Å². The molecule has 0 saturated heterocycles. The zero-order chi connectivity index (χ0) is 22.8. The summed E-state index contributed by atoms with van der Waals surface area (Å²) in [5.74, 6) is 0.948. The molecule has 9 heteroatoms. The molecule has 0 N–H and O–H groups in total. The normalized spacial score (nSPS) is 13.9. The second-order valence-electron chi connectivity index (χ2n) is 7.85. The quantitative estimate of drug-likeness (QED) is 0.235. The number of carbonyl (C=O) groups excluding carboxylic acids is 1. The van der Waals surface area contributed by atoms with Crippen molar-refractivity contribution >= 4 is 50.6 Å². The molecule has 5 rings (SSSR count). The Balaban J connectivity index is 1.39. The summed E-state index contributed by atoms with van der Waals surface area (Å²) in [4.78, 5) is 34.8. The van der Waals surface area contributed by atoms with E-state index in [0.29, 0.717) is 21.9 Å².